The van der Waals surface area contributed by atoms with Crippen molar-refractivity contribution in [1.29, 1.82) is 0 Å². The molecule has 1 heterocycles. The summed E-state index contributed by atoms with van der Waals surface area (Å²) in [6.45, 7) is 2.11. The molecular formula is C12H12Cl2N2. The molecule has 0 atom stereocenters. The van der Waals surface area contributed by atoms with E-state index in [4.69, 9.17) is 28.9 Å². The molecule has 0 saturated heterocycles. The number of nitrogen functional groups attached to an aromatic ring is 1. The molecule has 2 nitrogen and oxygen atoms in total. The molecule has 0 radical (unpaired) electrons. The van der Waals surface area contributed by atoms with Gasteiger partial charge < -0.3 is 5.73 Å². The van der Waals surface area contributed by atoms with E-state index < -0.39 is 0 Å². The van der Waals surface area contributed by atoms with Crippen LogP contribution in [0.2, 0.25) is 10.0 Å². The number of hydrogen-bond acceptors (Lipinski definition) is 2. The number of benzene rings is 1. The molecule has 1 aromatic heterocycles. The molecule has 2 aromatic rings. The van der Waals surface area contributed by atoms with E-state index in [0.29, 0.717) is 21.4 Å². The van der Waals surface area contributed by atoms with Crippen LogP contribution < -0.4 is 5.73 Å². The number of fused-ring (bicyclic) bond motifs is 1. The van der Waals surface area contributed by atoms with Crippen LogP contribution in [0.5, 0.6) is 0 Å². The molecule has 16 heavy (non-hydrogen) atoms. The Morgan fingerprint density at radius 3 is 2.69 bits per heavy atom. The van der Waals surface area contributed by atoms with E-state index in [-0.39, 0.29) is 0 Å². The minimum atomic E-state index is 0.539. The topological polar surface area (TPSA) is 38.9 Å². The van der Waals surface area contributed by atoms with Gasteiger partial charge in [-0.05, 0) is 30.2 Å². The molecule has 4 heteroatoms. The van der Waals surface area contributed by atoms with E-state index in [9.17, 15) is 0 Å². The summed E-state index contributed by atoms with van der Waals surface area (Å²) in [6.07, 6.45) is 1.95. The molecule has 2 rings (SSSR count). The van der Waals surface area contributed by atoms with Crippen LogP contribution in [0.15, 0.2) is 18.2 Å². The smallest absolute Gasteiger partial charge is 0.127 e. The second kappa shape index (κ2) is 4.48. The van der Waals surface area contributed by atoms with Gasteiger partial charge in [0.1, 0.15) is 5.82 Å². The fourth-order valence-corrected chi connectivity index (χ4v) is 2.29. The number of halogens is 2. The number of aryl methyl sites for hydroxylation is 1. The lowest BCUT2D eigenvalue weighted by atomic mass is 10.1. The van der Waals surface area contributed by atoms with Gasteiger partial charge in [0.2, 0.25) is 0 Å². The van der Waals surface area contributed by atoms with Gasteiger partial charge in [-0.3, -0.25) is 0 Å². The van der Waals surface area contributed by atoms with Crippen LogP contribution in [0, 0.1) is 0 Å². The Labute approximate surface area is 104 Å². The van der Waals surface area contributed by atoms with E-state index >= 15 is 0 Å². The fraction of sp³-hybridized carbons (Fsp3) is 0.250. The maximum Gasteiger partial charge on any atom is 0.127 e. The number of hydrogen-bond donors (Lipinski definition) is 1. The molecule has 0 fully saturated rings. The molecule has 0 spiro atoms. The Morgan fingerprint density at radius 1 is 1.25 bits per heavy atom. The molecule has 0 saturated carbocycles. The van der Waals surface area contributed by atoms with E-state index in [2.05, 4.69) is 11.9 Å². The summed E-state index contributed by atoms with van der Waals surface area (Å²) in [4.78, 5) is 4.32. The third-order valence-corrected chi connectivity index (χ3v) is 2.97. The first kappa shape index (κ1) is 11.5. The highest BCUT2D eigenvalue weighted by molar-refractivity contribution is 6.38. The summed E-state index contributed by atoms with van der Waals surface area (Å²) >= 11 is 12.0. The minimum Gasteiger partial charge on any atom is -0.383 e. The van der Waals surface area contributed by atoms with Gasteiger partial charge in [-0.2, -0.15) is 0 Å². The van der Waals surface area contributed by atoms with Crippen molar-refractivity contribution < 1.29 is 0 Å². The molecular weight excluding hydrogens is 243 g/mol. The van der Waals surface area contributed by atoms with Crippen LogP contribution >= 0.6 is 23.2 Å². The highest BCUT2D eigenvalue weighted by atomic mass is 35.5. The standard InChI is InChI=1S/C12H12Cl2N2/c1-2-3-7-4-8-5-9(13)6-10(14)11(8)16-12(7)15/h4-6H,2-3H2,1H3,(H2,15,16). The van der Waals surface area contributed by atoms with Gasteiger partial charge in [0.15, 0.2) is 0 Å². The van der Waals surface area contributed by atoms with E-state index in [1.165, 1.54) is 0 Å². The average Bonchev–Trinajstić information content (AvgIpc) is 2.21. The second-order valence-corrected chi connectivity index (χ2v) is 4.59. The number of rotatable bonds is 2. The van der Waals surface area contributed by atoms with Gasteiger partial charge >= 0.3 is 0 Å². The summed E-state index contributed by atoms with van der Waals surface area (Å²) in [5, 5.41) is 2.10. The summed E-state index contributed by atoms with van der Waals surface area (Å²) in [5.74, 6) is 0.554. The molecule has 1 aromatic carbocycles. The highest BCUT2D eigenvalue weighted by Gasteiger charge is 2.07. The lowest BCUT2D eigenvalue weighted by molar-refractivity contribution is 0.921. The molecule has 0 bridgehead atoms. The van der Waals surface area contributed by atoms with Crippen molar-refractivity contribution in [2.75, 3.05) is 5.73 Å². The van der Waals surface area contributed by atoms with Gasteiger partial charge in [-0.15, -0.1) is 0 Å². The third-order valence-electron chi connectivity index (χ3n) is 2.47. The summed E-state index contributed by atoms with van der Waals surface area (Å²) in [7, 11) is 0. The third kappa shape index (κ3) is 2.08. The first-order chi connectivity index (χ1) is 7.61. The Hall–Kier alpha value is -0.990. The van der Waals surface area contributed by atoms with Crippen molar-refractivity contribution in [2.24, 2.45) is 0 Å². The van der Waals surface area contributed by atoms with Gasteiger partial charge in [0.05, 0.1) is 10.5 Å². The molecule has 2 N–H and O–H groups in total. The zero-order valence-corrected chi connectivity index (χ0v) is 10.4. The molecule has 0 aliphatic heterocycles. The molecule has 0 aliphatic carbocycles. The van der Waals surface area contributed by atoms with Crippen molar-refractivity contribution in [2.45, 2.75) is 19.8 Å². The van der Waals surface area contributed by atoms with Crippen LogP contribution in [-0.4, -0.2) is 4.98 Å². The number of pyridine rings is 1. The summed E-state index contributed by atoms with van der Waals surface area (Å²) < 4.78 is 0. The van der Waals surface area contributed by atoms with Crippen LogP contribution in [0.25, 0.3) is 10.9 Å². The zero-order valence-electron chi connectivity index (χ0n) is 8.93. The van der Waals surface area contributed by atoms with Crippen molar-refractivity contribution in [3.63, 3.8) is 0 Å². The Morgan fingerprint density at radius 2 is 2.00 bits per heavy atom. The van der Waals surface area contributed by atoms with Gasteiger partial charge in [0.25, 0.3) is 0 Å². The summed E-state index contributed by atoms with van der Waals surface area (Å²) in [5.41, 5.74) is 7.64. The van der Waals surface area contributed by atoms with Crippen LogP contribution in [0.3, 0.4) is 0 Å². The number of anilines is 1. The monoisotopic (exact) mass is 254 g/mol. The van der Waals surface area contributed by atoms with Crippen molar-refractivity contribution >= 4 is 39.9 Å². The minimum absolute atomic E-state index is 0.539. The van der Waals surface area contributed by atoms with Crippen molar-refractivity contribution in [3.8, 4) is 0 Å². The normalized spacial score (nSPS) is 10.9. The molecule has 0 aliphatic rings. The second-order valence-electron chi connectivity index (χ2n) is 3.74. The maximum atomic E-state index is 6.06. The van der Waals surface area contributed by atoms with Crippen molar-refractivity contribution in [3.05, 3.63) is 33.8 Å². The van der Waals surface area contributed by atoms with Gasteiger partial charge in [-0.25, -0.2) is 4.98 Å². The van der Waals surface area contributed by atoms with Crippen LogP contribution in [-0.2, 0) is 6.42 Å². The highest BCUT2D eigenvalue weighted by Crippen LogP contribution is 2.29. The van der Waals surface area contributed by atoms with Gasteiger partial charge in [-0.1, -0.05) is 36.5 Å². The van der Waals surface area contributed by atoms with Crippen LogP contribution in [0.4, 0.5) is 5.82 Å². The first-order valence-electron chi connectivity index (χ1n) is 5.16. The number of nitrogens with zero attached hydrogens (tertiary/aromatic N) is 1. The fourth-order valence-electron chi connectivity index (χ4n) is 1.74. The summed E-state index contributed by atoms with van der Waals surface area (Å²) in [6, 6.07) is 5.55. The lowest BCUT2D eigenvalue weighted by Gasteiger charge is -2.07. The molecule has 84 valence electrons. The first-order valence-corrected chi connectivity index (χ1v) is 5.91. The number of aromatic nitrogens is 1. The molecule has 0 unspecified atom stereocenters. The largest absolute Gasteiger partial charge is 0.383 e. The van der Waals surface area contributed by atoms with E-state index in [1.807, 2.05) is 12.1 Å². The van der Waals surface area contributed by atoms with Gasteiger partial charge in [0, 0.05) is 10.4 Å². The maximum absolute atomic E-state index is 6.06. The zero-order chi connectivity index (χ0) is 11.7. The van der Waals surface area contributed by atoms with Crippen molar-refractivity contribution in [1.82, 2.24) is 4.98 Å². The van der Waals surface area contributed by atoms with Crippen LogP contribution in [0.1, 0.15) is 18.9 Å². The Kier molecular flexibility index (Phi) is 3.22. The average molecular weight is 255 g/mol. The predicted octanol–water partition coefficient (Wildman–Crippen LogP) is 4.08. The Balaban J connectivity index is 2.69. The molecule has 0 amide bonds. The predicted molar refractivity (Wildman–Crippen MR) is 70.2 cm³/mol. The quantitative estimate of drug-likeness (QED) is 0.878. The number of nitrogens with two attached hydrogens (primary N) is 1. The Bertz CT molecular complexity index is 538. The van der Waals surface area contributed by atoms with E-state index in [1.54, 1.807) is 6.07 Å². The van der Waals surface area contributed by atoms with E-state index in [0.717, 1.165) is 23.8 Å². The lowest BCUT2D eigenvalue weighted by Crippen LogP contribution is -1.98. The SMILES string of the molecule is CCCc1cc2cc(Cl)cc(Cl)c2nc1N.